The fraction of sp³-hybridized carbons (Fsp3) is 0.0588. The van der Waals surface area contributed by atoms with E-state index in [0.717, 1.165) is 5.56 Å². The van der Waals surface area contributed by atoms with Gasteiger partial charge in [-0.15, -0.1) is 0 Å². The van der Waals surface area contributed by atoms with E-state index in [4.69, 9.17) is 0 Å². The van der Waals surface area contributed by atoms with Crippen molar-refractivity contribution in [2.75, 3.05) is 0 Å². The monoisotopic (exact) mass is 278 g/mol. The minimum Gasteiger partial charge on any atom is -0.508 e. The van der Waals surface area contributed by atoms with Gasteiger partial charge in [-0.25, -0.2) is 4.98 Å². The maximum absolute atomic E-state index is 12.3. The van der Waals surface area contributed by atoms with Crippen molar-refractivity contribution in [3.05, 3.63) is 70.3 Å². The van der Waals surface area contributed by atoms with Crippen molar-refractivity contribution in [2.24, 2.45) is 7.05 Å². The third-order valence-corrected chi connectivity index (χ3v) is 3.34. The third kappa shape index (κ3) is 2.56. The van der Waals surface area contributed by atoms with Crippen LogP contribution in [0.5, 0.6) is 5.75 Å². The molecule has 3 rings (SSSR count). The van der Waals surface area contributed by atoms with E-state index in [1.54, 1.807) is 43.5 Å². The molecule has 4 heteroatoms. The van der Waals surface area contributed by atoms with Crippen LogP contribution in [0.3, 0.4) is 0 Å². The van der Waals surface area contributed by atoms with E-state index in [1.807, 2.05) is 24.3 Å². The van der Waals surface area contributed by atoms with Crippen LogP contribution in [0.4, 0.5) is 0 Å². The van der Waals surface area contributed by atoms with Crippen molar-refractivity contribution in [1.29, 1.82) is 0 Å². The molecule has 0 fully saturated rings. The number of para-hydroxylation sites is 1. The van der Waals surface area contributed by atoms with Gasteiger partial charge in [0.1, 0.15) is 11.6 Å². The first-order chi connectivity index (χ1) is 10.1. The number of phenolic OH excluding ortho intramolecular Hbond substituents is 1. The van der Waals surface area contributed by atoms with Crippen LogP contribution in [0.25, 0.3) is 23.1 Å². The molecular weight excluding hydrogens is 264 g/mol. The summed E-state index contributed by atoms with van der Waals surface area (Å²) in [5.74, 6) is 0.815. The lowest BCUT2D eigenvalue weighted by molar-refractivity contribution is 0.475. The Labute approximate surface area is 121 Å². The Hall–Kier alpha value is -2.88. The Morgan fingerprint density at radius 2 is 1.76 bits per heavy atom. The van der Waals surface area contributed by atoms with E-state index in [2.05, 4.69) is 4.98 Å². The zero-order valence-corrected chi connectivity index (χ0v) is 11.5. The van der Waals surface area contributed by atoms with Gasteiger partial charge in [0.15, 0.2) is 0 Å². The van der Waals surface area contributed by atoms with Crippen molar-refractivity contribution in [2.45, 2.75) is 0 Å². The van der Waals surface area contributed by atoms with Gasteiger partial charge in [0.05, 0.1) is 10.9 Å². The molecule has 0 radical (unpaired) electrons. The van der Waals surface area contributed by atoms with Gasteiger partial charge in [0, 0.05) is 7.05 Å². The molecule has 0 atom stereocenters. The number of aromatic hydroxyl groups is 1. The van der Waals surface area contributed by atoms with Gasteiger partial charge in [-0.2, -0.15) is 0 Å². The Morgan fingerprint density at radius 1 is 1.05 bits per heavy atom. The van der Waals surface area contributed by atoms with Crippen LogP contribution in [-0.4, -0.2) is 14.7 Å². The lowest BCUT2D eigenvalue weighted by atomic mass is 10.2. The Kier molecular flexibility index (Phi) is 3.28. The van der Waals surface area contributed by atoms with Crippen molar-refractivity contribution in [3.63, 3.8) is 0 Å². The highest BCUT2D eigenvalue weighted by atomic mass is 16.3. The number of fused-ring (bicyclic) bond motifs is 1. The second-order valence-electron chi connectivity index (χ2n) is 4.78. The lowest BCUT2D eigenvalue weighted by Crippen LogP contribution is -2.20. The molecule has 0 bridgehead atoms. The Balaban J connectivity index is 2.06. The summed E-state index contributed by atoms with van der Waals surface area (Å²) in [6.45, 7) is 0. The summed E-state index contributed by atoms with van der Waals surface area (Å²) in [4.78, 5) is 16.8. The normalized spacial score (nSPS) is 11.3. The molecule has 2 aromatic carbocycles. The fourth-order valence-electron chi connectivity index (χ4n) is 2.14. The summed E-state index contributed by atoms with van der Waals surface area (Å²) in [7, 11) is 1.71. The van der Waals surface area contributed by atoms with Crippen LogP contribution in [0, 0.1) is 0 Å². The summed E-state index contributed by atoms with van der Waals surface area (Å²) < 4.78 is 1.53. The minimum atomic E-state index is -0.0639. The van der Waals surface area contributed by atoms with Gasteiger partial charge < -0.3 is 5.11 Å². The van der Waals surface area contributed by atoms with Crippen molar-refractivity contribution >= 4 is 23.1 Å². The van der Waals surface area contributed by atoms with Gasteiger partial charge >= 0.3 is 0 Å². The van der Waals surface area contributed by atoms with Crippen molar-refractivity contribution in [3.8, 4) is 5.75 Å². The largest absolute Gasteiger partial charge is 0.508 e. The van der Waals surface area contributed by atoms with Gasteiger partial charge in [-0.1, -0.05) is 30.3 Å². The van der Waals surface area contributed by atoms with Crippen molar-refractivity contribution in [1.82, 2.24) is 9.55 Å². The van der Waals surface area contributed by atoms with Gasteiger partial charge in [-0.05, 0) is 35.9 Å². The smallest absolute Gasteiger partial charge is 0.261 e. The second kappa shape index (κ2) is 5.25. The predicted molar refractivity (Wildman–Crippen MR) is 84.0 cm³/mol. The number of benzene rings is 2. The molecule has 0 spiro atoms. The standard InChI is InChI=1S/C17H14N2O2/c1-19-16(11-8-12-6-9-13(20)10-7-12)18-15-5-3-2-4-14(15)17(19)21/h2-11,20H,1H3. The summed E-state index contributed by atoms with van der Waals surface area (Å²) in [5.41, 5.74) is 1.55. The van der Waals surface area contributed by atoms with E-state index in [0.29, 0.717) is 16.7 Å². The summed E-state index contributed by atoms with van der Waals surface area (Å²) in [6.07, 6.45) is 3.65. The molecule has 21 heavy (non-hydrogen) atoms. The molecule has 4 nitrogen and oxygen atoms in total. The molecule has 1 heterocycles. The first-order valence-electron chi connectivity index (χ1n) is 6.58. The molecule has 0 unspecified atom stereocenters. The van der Waals surface area contributed by atoms with E-state index in [-0.39, 0.29) is 11.3 Å². The summed E-state index contributed by atoms with van der Waals surface area (Å²) in [5, 5.41) is 9.87. The number of nitrogens with zero attached hydrogens (tertiary/aromatic N) is 2. The third-order valence-electron chi connectivity index (χ3n) is 3.34. The maximum Gasteiger partial charge on any atom is 0.261 e. The number of hydrogen-bond donors (Lipinski definition) is 1. The zero-order valence-electron chi connectivity index (χ0n) is 11.5. The molecule has 0 aliphatic carbocycles. The van der Waals surface area contributed by atoms with Crippen LogP contribution in [-0.2, 0) is 7.05 Å². The second-order valence-corrected chi connectivity index (χ2v) is 4.78. The molecule has 0 amide bonds. The van der Waals surface area contributed by atoms with Gasteiger partial charge in [-0.3, -0.25) is 9.36 Å². The molecular formula is C17H14N2O2. The quantitative estimate of drug-likeness (QED) is 0.784. The van der Waals surface area contributed by atoms with E-state index in [9.17, 15) is 9.90 Å². The summed E-state index contributed by atoms with van der Waals surface area (Å²) >= 11 is 0. The van der Waals surface area contributed by atoms with E-state index >= 15 is 0 Å². The molecule has 0 saturated carbocycles. The molecule has 0 aliphatic heterocycles. The predicted octanol–water partition coefficient (Wildman–Crippen LogP) is 2.81. The number of phenols is 1. The van der Waals surface area contributed by atoms with Crippen molar-refractivity contribution < 1.29 is 5.11 Å². The fourth-order valence-corrected chi connectivity index (χ4v) is 2.14. The average Bonchev–Trinajstić information content (AvgIpc) is 2.51. The molecule has 0 saturated heterocycles. The van der Waals surface area contributed by atoms with Crippen LogP contribution < -0.4 is 5.56 Å². The summed E-state index contributed by atoms with van der Waals surface area (Å²) in [6, 6.07) is 14.1. The zero-order chi connectivity index (χ0) is 14.8. The minimum absolute atomic E-state index is 0.0639. The topological polar surface area (TPSA) is 55.1 Å². The number of hydrogen-bond acceptors (Lipinski definition) is 3. The van der Waals surface area contributed by atoms with E-state index in [1.165, 1.54) is 4.57 Å². The first-order valence-corrected chi connectivity index (χ1v) is 6.58. The SMILES string of the molecule is Cn1c(C=Cc2ccc(O)cc2)nc2ccccc2c1=O. The highest BCUT2D eigenvalue weighted by Crippen LogP contribution is 2.13. The van der Waals surface area contributed by atoms with Crippen LogP contribution >= 0.6 is 0 Å². The number of aromatic nitrogens is 2. The lowest BCUT2D eigenvalue weighted by Gasteiger charge is -2.05. The first kappa shape index (κ1) is 13.1. The Morgan fingerprint density at radius 3 is 2.52 bits per heavy atom. The van der Waals surface area contributed by atoms with E-state index < -0.39 is 0 Å². The van der Waals surface area contributed by atoms with Crippen LogP contribution in [0.2, 0.25) is 0 Å². The average molecular weight is 278 g/mol. The molecule has 1 aromatic heterocycles. The number of rotatable bonds is 2. The maximum atomic E-state index is 12.3. The molecule has 3 aromatic rings. The van der Waals surface area contributed by atoms with Gasteiger partial charge in [0.2, 0.25) is 0 Å². The molecule has 104 valence electrons. The molecule has 0 aliphatic rings. The Bertz CT molecular complexity index is 877. The van der Waals surface area contributed by atoms with Gasteiger partial charge in [0.25, 0.3) is 5.56 Å². The van der Waals surface area contributed by atoms with Crippen LogP contribution in [0.1, 0.15) is 11.4 Å². The highest BCUT2D eigenvalue weighted by Gasteiger charge is 2.04. The van der Waals surface area contributed by atoms with Crippen LogP contribution in [0.15, 0.2) is 53.3 Å². The molecule has 1 N–H and O–H groups in total. The highest BCUT2D eigenvalue weighted by molar-refractivity contribution is 5.79.